The van der Waals surface area contributed by atoms with Crippen molar-refractivity contribution in [2.75, 3.05) is 6.54 Å². The Kier molecular flexibility index (Phi) is 4.58. The minimum absolute atomic E-state index is 0.0705. The second kappa shape index (κ2) is 5.50. The molecule has 1 aliphatic rings. The molecule has 88 valence electrons. The lowest BCUT2D eigenvalue weighted by Crippen LogP contribution is -2.47. The number of amides is 1. The Morgan fingerprint density at radius 1 is 1.40 bits per heavy atom. The van der Waals surface area contributed by atoms with Crippen molar-refractivity contribution in [1.29, 1.82) is 0 Å². The molecule has 0 bridgehead atoms. The van der Waals surface area contributed by atoms with Gasteiger partial charge in [0.15, 0.2) is 0 Å². The Labute approximate surface area is 93.0 Å². The third-order valence-corrected chi connectivity index (χ3v) is 3.38. The summed E-state index contributed by atoms with van der Waals surface area (Å²) >= 11 is 0. The summed E-state index contributed by atoms with van der Waals surface area (Å²) in [6, 6.07) is 0.371. The molecule has 0 aliphatic heterocycles. The first-order valence-corrected chi connectivity index (χ1v) is 6.14. The van der Waals surface area contributed by atoms with Gasteiger partial charge >= 0.3 is 0 Å². The third kappa shape index (κ3) is 2.94. The number of carbonyl (C=O) groups is 1. The van der Waals surface area contributed by atoms with Crippen LogP contribution in [0.3, 0.4) is 0 Å². The first-order chi connectivity index (χ1) is 7.07. The Bertz CT molecular complexity index is 216. The van der Waals surface area contributed by atoms with E-state index in [2.05, 4.69) is 13.8 Å². The van der Waals surface area contributed by atoms with Crippen LogP contribution in [0.4, 0.5) is 0 Å². The van der Waals surface area contributed by atoms with Gasteiger partial charge in [0.25, 0.3) is 0 Å². The quantitative estimate of drug-likeness (QED) is 0.775. The predicted molar refractivity (Wildman–Crippen MR) is 62.5 cm³/mol. The van der Waals surface area contributed by atoms with Gasteiger partial charge in [-0.2, -0.15) is 0 Å². The molecule has 1 rings (SSSR count). The zero-order chi connectivity index (χ0) is 11.4. The van der Waals surface area contributed by atoms with Crippen molar-refractivity contribution in [1.82, 2.24) is 4.90 Å². The van der Waals surface area contributed by atoms with Crippen molar-refractivity contribution in [2.45, 2.75) is 58.5 Å². The maximum atomic E-state index is 12.2. The average Bonchev–Trinajstić information content (AvgIpc) is 2.18. The zero-order valence-corrected chi connectivity index (χ0v) is 10.2. The molecule has 0 saturated heterocycles. The first-order valence-electron chi connectivity index (χ1n) is 6.14. The van der Waals surface area contributed by atoms with E-state index in [1.54, 1.807) is 0 Å². The second-order valence-corrected chi connectivity index (χ2v) is 4.77. The van der Waals surface area contributed by atoms with E-state index in [4.69, 9.17) is 5.73 Å². The molecule has 0 aromatic heterocycles. The van der Waals surface area contributed by atoms with E-state index < -0.39 is 0 Å². The summed E-state index contributed by atoms with van der Waals surface area (Å²) < 4.78 is 0. The average molecular weight is 212 g/mol. The highest BCUT2D eigenvalue weighted by Crippen LogP contribution is 2.25. The second-order valence-electron chi connectivity index (χ2n) is 4.77. The van der Waals surface area contributed by atoms with Gasteiger partial charge in [-0.05, 0) is 33.6 Å². The van der Waals surface area contributed by atoms with Crippen molar-refractivity contribution in [3.05, 3.63) is 0 Å². The smallest absolute Gasteiger partial charge is 0.227 e. The molecule has 0 radical (unpaired) electrons. The fourth-order valence-electron chi connectivity index (χ4n) is 2.45. The third-order valence-electron chi connectivity index (χ3n) is 3.38. The van der Waals surface area contributed by atoms with Crippen molar-refractivity contribution >= 4 is 5.91 Å². The van der Waals surface area contributed by atoms with Gasteiger partial charge < -0.3 is 10.6 Å². The molecule has 3 heteroatoms. The number of nitrogens with two attached hydrogens (primary N) is 1. The summed E-state index contributed by atoms with van der Waals surface area (Å²) in [5.74, 6) is 0.334. The van der Waals surface area contributed by atoms with Crippen LogP contribution in [0.1, 0.15) is 46.5 Å². The number of hydrogen-bond acceptors (Lipinski definition) is 2. The lowest BCUT2D eigenvalue weighted by Gasteiger charge is -2.34. The Morgan fingerprint density at radius 2 is 2.00 bits per heavy atom. The van der Waals surface area contributed by atoms with Gasteiger partial charge in [-0.1, -0.05) is 12.8 Å². The van der Waals surface area contributed by atoms with Gasteiger partial charge in [0.05, 0.1) is 5.92 Å². The number of carbonyl (C=O) groups excluding carboxylic acids is 1. The van der Waals surface area contributed by atoms with Crippen molar-refractivity contribution < 1.29 is 4.79 Å². The zero-order valence-electron chi connectivity index (χ0n) is 10.2. The molecule has 0 aromatic carbocycles. The summed E-state index contributed by atoms with van der Waals surface area (Å²) in [6.07, 6.45) is 4.31. The van der Waals surface area contributed by atoms with Crippen LogP contribution in [0.5, 0.6) is 0 Å². The molecule has 1 amide bonds. The van der Waals surface area contributed by atoms with Crippen LogP contribution in [0.2, 0.25) is 0 Å². The molecule has 15 heavy (non-hydrogen) atoms. The summed E-state index contributed by atoms with van der Waals surface area (Å²) in [4.78, 5) is 14.2. The summed E-state index contributed by atoms with van der Waals surface area (Å²) in [5, 5.41) is 0. The fraction of sp³-hybridized carbons (Fsp3) is 0.917. The molecule has 0 aromatic rings. The molecule has 1 saturated carbocycles. The van der Waals surface area contributed by atoms with E-state index in [-0.39, 0.29) is 23.9 Å². The Hall–Kier alpha value is -0.570. The SMILES string of the molecule is CCN(C(=O)C1CCCCC1N)C(C)C. The van der Waals surface area contributed by atoms with Gasteiger partial charge in [-0.3, -0.25) is 4.79 Å². The Morgan fingerprint density at radius 3 is 2.47 bits per heavy atom. The highest BCUT2D eigenvalue weighted by molar-refractivity contribution is 5.79. The summed E-state index contributed by atoms with van der Waals surface area (Å²) in [6.45, 7) is 6.96. The highest BCUT2D eigenvalue weighted by atomic mass is 16.2. The van der Waals surface area contributed by atoms with Gasteiger partial charge in [0, 0.05) is 18.6 Å². The van der Waals surface area contributed by atoms with E-state index in [0.717, 1.165) is 25.8 Å². The van der Waals surface area contributed by atoms with E-state index in [9.17, 15) is 4.79 Å². The molecule has 3 nitrogen and oxygen atoms in total. The van der Waals surface area contributed by atoms with Crippen LogP contribution >= 0.6 is 0 Å². The monoisotopic (exact) mass is 212 g/mol. The van der Waals surface area contributed by atoms with E-state index >= 15 is 0 Å². The van der Waals surface area contributed by atoms with Crippen molar-refractivity contribution in [3.63, 3.8) is 0 Å². The molecule has 0 heterocycles. The molecule has 2 unspecified atom stereocenters. The lowest BCUT2D eigenvalue weighted by molar-refractivity contribution is -0.138. The predicted octanol–water partition coefficient (Wildman–Crippen LogP) is 1.76. The standard InChI is InChI=1S/C12H24N2O/c1-4-14(9(2)3)12(15)10-7-5-6-8-11(10)13/h9-11H,4-8,13H2,1-3H3. The van der Waals surface area contributed by atoms with Gasteiger partial charge in [-0.25, -0.2) is 0 Å². The minimum atomic E-state index is 0.0705. The van der Waals surface area contributed by atoms with Crippen molar-refractivity contribution in [2.24, 2.45) is 11.7 Å². The number of rotatable bonds is 3. The highest BCUT2D eigenvalue weighted by Gasteiger charge is 2.31. The molecule has 0 spiro atoms. The Balaban J connectivity index is 2.64. The van der Waals surface area contributed by atoms with E-state index in [0.29, 0.717) is 0 Å². The van der Waals surface area contributed by atoms with Crippen LogP contribution in [-0.2, 0) is 4.79 Å². The van der Waals surface area contributed by atoms with Gasteiger partial charge in [-0.15, -0.1) is 0 Å². The topological polar surface area (TPSA) is 46.3 Å². The summed E-state index contributed by atoms with van der Waals surface area (Å²) in [7, 11) is 0. The molecule has 2 atom stereocenters. The maximum absolute atomic E-state index is 12.2. The number of hydrogen-bond donors (Lipinski definition) is 1. The fourth-order valence-corrected chi connectivity index (χ4v) is 2.45. The van der Waals surface area contributed by atoms with Crippen LogP contribution in [-0.4, -0.2) is 29.4 Å². The van der Waals surface area contributed by atoms with Gasteiger partial charge in [0.1, 0.15) is 0 Å². The van der Waals surface area contributed by atoms with E-state index in [1.165, 1.54) is 6.42 Å². The first kappa shape index (κ1) is 12.5. The normalized spacial score (nSPS) is 26.7. The van der Waals surface area contributed by atoms with E-state index in [1.807, 2.05) is 11.8 Å². The largest absolute Gasteiger partial charge is 0.340 e. The molecule has 1 fully saturated rings. The molecule has 1 aliphatic carbocycles. The van der Waals surface area contributed by atoms with Crippen molar-refractivity contribution in [3.8, 4) is 0 Å². The molecular formula is C12H24N2O. The van der Waals surface area contributed by atoms with Crippen LogP contribution in [0.15, 0.2) is 0 Å². The molecular weight excluding hydrogens is 188 g/mol. The lowest BCUT2D eigenvalue weighted by atomic mass is 9.84. The van der Waals surface area contributed by atoms with Crippen LogP contribution in [0.25, 0.3) is 0 Å². The minimum Gasteiger partial charge on any atom is -0.340 e. The van der Waals surface area contributed by atoms with Gasteiger partial charge in [0.2, 0.25) is 5.91 Å². The maximum Gasteiger partial charge on any atom is 0.227 e. The molecule has 2 N–H and O–H groups in total. The number of nitrogens with zero attached hydrogens (tertiary/aromatic N) is 1. The van der Waals surface area contributed by atoms with Crippen LogP contribution < -0.4 is 5.73 Å². The summed E-state index contributed by atoms with van der Waals surface area (Å²) in [5.41, 5.74) is 6.03. The van der Waals surface area contributed by atoms with Crippen LogP contribution in [0, 0.1) is 5.92 Å².